The van der Waals surface area contributed by atoms with Crippen LogP contribution in [0.15, 0.2) is 47.5 Å². The largest absolute Gasteiger partial charge is 0.454 e. The van der Waals surface area contributed by atoms with Crippen LogP contribution in [0, 0.1) is 0 Å². The summed E-state index contributed by atoms with van der Waals surface area (Å²) in [5, 5.41) is 0.805. The lowest BCUT2D eigenvalue weighted by atomic mass is 10.0. The maximum absolute atomic E-state index is 5.41. The molecule has 124 valence electrons. The predicted molar refractivity (Wildman–Crippen MR) is 99.4 cm³/mol. The zero-order valence-corrected chi connectivity index (χ0v) is 14.4. The fourth-order valence-corrected chi connectivity index (χ4v) is 4.27. The van der Waals surface area contributed by atoms with Crippen LogP contribution in [0.25, 0.3) is 11.3 Å². The van der Waals surface area contributed by atoms with E-state index in [-0.39, 0.29) is 6.79 Å². The summed E-state index contributed by atoms with van der Waals surface area (Å²) in [4.78, 5) is 10.7. The molecule has 0 saturated heterocycles. The van der Waals surface area contributed by atoms with Crippen molar-refractivity contribution in [3.8, 4) is 22.8 Å². The zero-order chi connectivity index (χ0) is 16.6. The van der Waals surface area contributed by atoms with Crippen LogP contribution in [-0.2, 0) is 12.8 Å². The van der Waals surface area contributed by atoms with Crippen LogP contribution in [-0.4, -0.2) is 18.0 Å². The van der Waals surface area contributed by atoms with Crippen LogP contribution < -0.4 is 9.47 Å². The quantitative estimate of drug-likeness (QED) is 0.626. The molecule has 4 nitrogen and oxygen atoms in total. The molecule has 5 heteroatoms. The molecule has 0 amide bonds. The molecule has 0 atom stereocenters. The van der Waals surface area contributed by atoms with E-state index in [0.717, 1.165) is 47.2 Å². The van der Waals surface area contributed by atoms with Crippen LogP contribution in [0.1, 0.15) is 22.4 Å². The average Bonchev–Trinajstić information content (AvgIpc) is 3.23. The minimum Gasteiger partial charge on any atom is -0.454 e. The monoisotopic (exact) mass is 348 g/mol. The SMILES string of the molecule is C(=N\c1nc2c(s1)CCCc1ccccc1-2)/c1ccc2c(c1)OCO2. The summed E-state index contributed by atoms with van der Waals surface area (Å²) in [7, 11) is 0. The summed E-state index contributed by atoms with van der Waals surface area (Å²) in [6.07, 6.45) is 5.19. The van der Waals surface area contributed by atoms with Gasteiger partial charge in [0.15, 0.2) is 11.5 Å². The number of hydrogen-bond acceptors (Lipinski definition) is 5. The second kappa shape index (κ2) is 6.01. The van der Waals surface area contributed by atoms with Crippen LogP contribution in [0.2, 0.25) is 0 Å². The minimum atomic E-state index is 0.286. The fraction of sp³-hybridized carbons (Fsp3) is 0.200. The van der Waals surface area contributed by atoms with Gasteiger partial charge in [0.05, 0.1) is 5.69 Å². The summed E-state index contributed by atoms with van der Waals surface area (Å²) in [5.41, 5.74) is 4.74. The molecule has 0 N–H and O–H groups in total. The number of thiazole rings is 1. The summed E-state index contributed by atoms with van der Waals surface area (Å²) in [6, 6.07) is 14.4. The predicted octanol–water partition coefficient (Wildman–Crippen LogP) is 4.78. The van der Waals surface area contributed by atoms with Crippen LogP contribution in [0.5, 0.6) is 11.5 Å². The highest BCUT2D eigenvalue weighted by atomic mass is 32.1. The first-order valence-corrected chi connectivity index (χ1v) is 9.20. The number of aliphatic imine (C=N–C) groups is 1. The third kappa shape index (κ3) is 2.70. The van der Waals surface area contributed by atoms with E-state index in [9.17, 15) is 0 Å². The lowest BCUT2D eigenvalue weighted by Crippen LogP contribution is -1.92. The first-order valence-electron chi connectivity index (χ1n) is 8.38. The van der Waals surface area contributed by atoms with Crippen molar-refractivity contribution in [3.63, 3.8) is 0 Å². The second-order valence-electron chi connectivity index (χ2n) is 6.15. The molecular formula is C20H16N2O2S. The molecule has 0 radical (unpaired) electrons. The van der Waals surface area contributed by atoms with Crippen molar-refractivity contribution < 1.29 is 9.47 Å². The molecule has 0 saturated carbocycles. The summed E-state index contributed by atoms with van der Waals surface area (Å²) in [6.45, 7) is 0.286. The van der Waals surface area contributed by atoms with E-state index < -0.39 is 0 Å². The van der Waals surface area contributed by atoms with Gasteiger partial charge in [-0.3, -0.25) is 0 Å². The third-order valence-corrected chi connectivity index (χ3v) is 5.55. The highest BCUT2D eigenvalue weighted by Crippen LogP contribution is 2.38. The van der Waals surface area contributed by atoms with E-state index in [2.05, 4.69) is 29.3 Å². The smallest absolute Gasteiger partial charge is 0.231 e. The van der Waals surface area contributed by atoms with E-state index in [4.69, 9.17) is 14.5 Å². The molecule has 0 unspecified atom stereocenters. The van der Waals surface area contributed by atoms with Gasteiger partial charge in [-0.05, 0) is 48.6 Å². The number of aryl methyl sites for hydroxylation is 2. The van der Waals surface area contributed by atoms with Gasteiger partial charge in [0, 0.05) is 16.7 Å². The van der Waals surface area contributed by atoms with E-state index in [1.54, 1.807) is 11.3 Å². The molecule has 0 spiro atoms. The molecule has 2 heterocycles. The first kappa shape index (κ1) is 14.7. The van der Waals surface area contributed by atoms with Crippen molar-refractivity contribution in [1.29, 1.82) is 0 Å². The Balaban J connectivity index is 1.47. The van der Waals surface area contributed by atoms with Gasteiger partial charge in [0.25, 0.3) is 0 Å². The fourth-order valence-electron chi connectivity index (χ4n) is 3.31. The molecule has 1 aliphatic heterocycles. The molecule has 1 aromatic heterocycles. The van der Waals surface area contributed by atoms with Gasteiger partial charge in [-0.1, -0.05) is 35.6 Å². The normalized spacial score (nSPS) is 15.0. The Kier molecular flexibility index (Phi) is 3.52. The van der Waals surface area contributed by atoms with Gasteiger partial charge in [0.1, 0.15) is 0 Å². The number of benzene rings is 2. The summed E-state index contributed by atoms with van der Waals surface area (Å²) in [5.74, 6) is 1.56. The Bertz CT molecular complexity index is 978. The van der Waals surface area contributed by atoms with Gasteiger partial charge in [-0.25, -0.2) is 9.98 Å². The topological polar surface area (TPSA) is 43.7 Å². The van der Waals surface area contributed by atoms with Gasteiger partial charge in [0.2, 0.25) is 11.9 Å². The molecule has 0 bridgehead atoms. The Labute approximate surface area is 149 Å². The second-order valence-corrected chi connectivity index (χ2v) is 7.21. The van der Waals surface area contributed by atoms with Crippen molar-refractivity contribution in [2.75, 3.05) is 6.79 Å². The van der Waals surface area contributed by atoms with Crippen LogP contribution in [0.4, 0.5) is 5.13 Å². The van der Waals surface area contributed by atoms with E-state index >= 15 is 0 Å². The van der Waals surface area contributed by atoms with E-state index in [1.807, 2.05) is 24.4 Å². The molecular weight excluding hydrogens is 332 g/mol. The van der Waals surface area contributed by atoms with E-state index in [1.165, 1.54) is 16.0 Å². The molecule has 2 aliphatic rings. The average molecular weight is 348 g/mol. The maximum atomic E-state index is 5.41. The van der Waals surface area contributed by atoms with Gasteiger partial charge in [-0.2, -0.15) is 0 Å². The molecule has 1 aliphatic carbocycles. The van der Waals surface area contributed by atoms with Crippen LogP contribution >= 0.6 is 11.3 Å². The summed E-state index contributed by atoms with van der Waals surface area (Å²) >= 11 is 1.69. The van der Waals surface area contributed by atoms with Crippen LogP contribution in [0.3, 0.4) is 0 Å². The minimum absolute atomic E-state index is 0.286. The van der Waals surface area contributed by atoms with Gasteiger partial charge < -0.3 is 9.47 Å². The number of nitrogens with zero attached hydrogens (tertiary/aromatic N) is 2. The third-order valence-electron chi connectivity index (χ3n) is 4.53. The lowest BCUT2D eigenvalue weighted by molar-refractivity contribution is 0.174. The van der Waals surface area contributed by atoms with Gasteiger partial charge in [-0.15, -0.1) is 0 Å². The Morgan fingerprint density at radius 3 is 2.96 bits per heavy atom. The number of rotatable bonds is 2. The highest BCUT2D eigenvalue weighted by Gasteiger charge is 2.18. The molecule has 25 heavy (non-hydrogen) atoms. The number of aromatic nitrogens is 1. The van der Waals surface area contributed by atoms with Crippen molar-refractivity contribution >= 4 is 22.7 Å². The van der Waals surface area contributed by atoms with Crippen molar-refractivity contribution in [3.05, 3.63) is 58.5 Å². The number of hydrogen-bond donors (Lipinski definition) is 0. The van der Waals surface area contributed by atoms with Crippen molar-refractivity contribution in [2.24, 2.45) is 4.99 Å². The van der Waals surface area contributed by atoms with Gasteiger partial charge >= 0.3 is 0 Å². The molecule has 5 rings (SSSR count). The number of ether oxygens (including phenoxy) is 2. The Morgan fingerprint density at radius 1 is 1.04 bits per heavy atom. The summed E-state index contributed by atoms with van der Waals surface area (Å²) < 4.78 is 10.8. The Hall–Kier alpha value is -2.66. The zero-order valence-electron chi connectivity index (χ0n) is 13.6. The lowest BCUT2D eigenvalue weighted by Gasteiger charge is -2.03. The standard InChI is InChI=1S/C20H16N2O2S/c1-2-6-15-14(4-1)5-3-7-18-19(15)22-20(25-18)21-11-13-8-9-16-17(10-13)24-12-23-16/h1-2,4,6,8-11H,3,5,7,12H2/b21-11+. The first-order chi connectivity index (χ1) is 12.4. The van der Waals surface area contributed by atoms with Crippen molar-refractivity contribution in [1.82, 2.24) is 4.98 Å². The van der Waals surface area contributed by atoms with E-state index in [0.29, 0.717) is 0 Å². The van der Waals surface area contributed by atoms with Crippen molar-refractivity contribution in [2.45, 2.75) is 19.3 Å². The Morgan fingerprint density at radius 2 is 1.96 bits per heavy atom. The molecule has 3 aromatic rings. The molecule has 2 aromatic carbocycles. The molecule has 0 fully saturated rings. The highest BCUT2D eigenvalue weighted by molar-refractivity contribution is 7.15. The maximum Gasteiger partial charge on any atom is 0.231 e. The number of fused-ring (bicyclic) bond motifs is 4.